The number of hydrogen-bond donors (Lipinski definition) is 1. The first-order chi connectivity index (χ1) is 19.4. The van der Waals surface area contributed by atoms with Crippen LogP contribution in [0.25, 0.3) is 5.57 Å². The number of hydrogen-bond acceptors (Lipinski definition) is 5. The number of fused-ring (bicyclic) bond motifs is 2. The molecule has 0 aliphatic carbocycles. The molecule has 1 unspecified atom stereocenters. The Balaban J connectivity index is 1.25. The maximum Gasteiger partial charge on any atom is 0.256 e. The summed E-state index contributed by atoms with van der Waals surface area (Å²) in [5, 5.41) is 13.2. The van der Waals surface area contributed by atoms with Gasteiger partial charge in [0.1, 0.15) is 6.07 Å². The highest BCUT2D eigenvalue weighted by molar-refractivity contribution is 6.07. The van der Waals surface area contributed by atoms with Gasteiger partial charge in [-0.1, -0.05) is 48.0 Å². The van der Waals surface area contributed by atoms with E-state index in [0.29, 0.717) is 0 Å². The third kappa shape index (κ3) is 4.67. The van der Waals surface area contributed by atoms with E-state index in [1.807, 2.05) is 36.4 Å². The van der Waals surface area contributed by atoms with E-state index >= 15 is 0 Å². The molecule has 3 heterocycles. The first-order valence-electron chi connectivity index (χ1n) is 14.1. The Bertz CT molecular complexity index is 1570. The summed E-state index contributed by atoms with van der Waals surface area (Å²) in [6.45, 7) is 7.64. The van der Waals surface area contributed by atoms with Crippen LogP contribution in [0.1, 0.15) is 65.3 Å². The number of para-hydroxylation sites is 1. The van der Waals surface area contributed by atoms with Crippen molar-refractivity contribution in [2.45, 2.75) is 32.7 Å². The van der Waals surface area contributed by atoms with Crippen LogP contribution in [0.15, 0.2) is 84.2 Å². The van der Waals surface area contributed by atoms with E-state index in [1.54, 1.807) is 0 Å². The normalized spacial score (nSPS) is 19.6. The van der Waals surface area contributed by atoms with E-state index < -0.39 is 0 Å². The maximum absolute atomic E-state index is 13.0. The van der Waals surface area contributed by atoms with Gasteiger partial charge in [-0.3, -0.25) is 9.69 Å². The third-order valence-corrected chi connectivity index (χ3v) is 8.78. The van der Waals surface area contributed by atoms with E-state index in [2.05, 4.69) is 83.5 Å². The number of anilines is 2. The monoisotopic (exact) mass is 529 g/mol. The minimum atomic E-state index is -0.0565. The number of nitrogens with zero attached hydrogens (tertiary/aromatic N) is 4. The van der Waals surface area contributed by atoms with Crippen molar-refractivity contribution in [3.8, 4) is 6.07 Å². The van der Waals surface area contributed by atoms with Crippen molar-refractivity contribution in [3.05, 3.63) is 112 Å². The van der Waals surface area contributed by atoms with Crippen LogP contribution >= 0.6 is 0 Å². The first-order valence-corrected chi connectivity index (χ1v) is 14.1. The van der Waals surface area contributed by atoms with Gasteiger partial charge in [0.05, 0.1) is 17.3 Å². The number of benzene rings is 3. The molecule has 1 N–H and O–H groups in total. The number of allylic oxidation sites excluding steroid dienone is 3. The second-order valence-electron chi connectivity index (χ2n) is 11.0. The Morgan fingerprint density at radius 2 is 1.62 bits per heavy atom. The molecule has 0 bridgehead atoms. The third-order valence-electron chi connectivity index (χ3n) is 8.78. The molecule has 0 aromatic heterocycles. The van der Waals surface area contributed by atoms with Gasteiger partial charge < -0.3 is 15.1 Å². The molecule has 6 heteroatoms. The quantitative estimate of drug-likeness (QED) is 0.426. The number of carbonyl (C=O) groups excluding carboxylic acids is 1. The predicted molar refractivity (Wildman–Crippen MR) is 161 cm³/mol. The van der Waals surface area contributed by atoms with Gasteiger partial charge in [-0.25, -0.2) is 0 Å². The van der Waals surface area contributed by atoms with Gasteiger partial charge in [0, 0.05) is 56.4 Å². The largest absolute Gasteiger partial charge is 0.368 e. The van der Waals surface area contributed by atoms with Crippen molar-refractivity contribution in [2.24, 2.45) is 0 Å². The van der Waals surface area contributed by atoms with E-state index in [0.717, 1.165) is 78.2 Å². The van der Waals surface area contributed by atoms with Crippen molar-refractivity contribution in [3.63, 3.8) is 0 Å². The minimum absolute atomic E-state index is 0.00833. The van der Waals surface area contributed by atoms with Crippen LogP contribution < -0.4 is 10.2 Å². The zero-order valence-corrected chi connectivity index (χ0v) is 23.4. The number of piperazine rings is 1. The zero-order chi connectivity index (χ0) is 27.8. The van der Waals surface area contributed by atoms with E-state index in [-0.39, 0.29) is 11.9 Å². The molecule has 1 fully saturated rings. The van der Waals surface area contributed by atoms with Crippen LogP contribution in [0, 0.1) is 11.3 Å². The minimum Gasteiger partial charge on any atom is -0.368 e. The molecular weight excluding hydrogens is 494 g/mol. The fraction of sp³-hybridized carbons (Fsp3) is 0.294. The Labute approximate surface area is 236 Å². The second kappa shape index (κ2) is 10.7. The Kier molecular flexibility index (Phi) is 6.91. The Morgan fingerprint density at radius 1 is 0.900 bits per heavy atom. The topological polar surface area (TPSA) is 62.6 Å². The summed E-state index contributed by atoms with van der Waals surface area (Å²) >= 11 is 0. The SMILES string of the molecule is CC1=C(C)N(C)C=C(c2ccc(N3CCN(C4c5ccccc5NC(=O)c5ccccc54)CC3)c(C#N)c2)CC1. The number of nitriles is 1. The smallest absolute Gasteiger partial charge is 0.256 e. The molecule has 1 saturated heterocycles. The van der Waals surface area contributed by atoms with Crippen molar-refractivity contribution in [2.75, 3.05) is 43.4 Å². The lowest BCUT2D eigenvalue weighted by Crippen LogP contribution is -2.48. The van der Waals surface area contributed by atoms with Crippen LogP contribution in [0.3, 0.4) is 0 Å². The summed E-state index contributed by atoms with van der Waals surface area (Å²) in [5.41, 5.74) is 10.6. The molecule has 0 spiro atoms. The highest BCUT2D eigenvalue weighted by Gasteiger charge is 2.33. The van der Waals surface area contributed by atoms with Crippen molar-refractivity contribution in [1.82, 2.24) is 9.80 Å². The molecule has 1 amide bonds. The average Bonchev–Trinajstić information content (AvgIpc) is 3.20. The summed E-state index contributed by atoms with van der Waals surface area (Å²) in [6.07, 6.45) is 4.21. The van der Waals surface area contributed by atoms with Gasteiger partial charge in [-0.2, -0.15) is 5.26 Å². The average molecular weight is 530 g/mol. The lowest BCUT2D eigenvalue weighted by atomic mass is 9.92. The van der Waals surface area contributed by atoms with Gasteiger partial charge in [0.15, 0.2) is 0 Å². The summed E-state index contributed by atoms with van der Waals surface area (Å²) in [5.74, 6) is -0.0565. The molecule has 40 heavy (non-hydrogen) atoms. The van der Waals surface area contributed by atoms with E-state index in [1.165, 1.54) is 16.8 Å². The van der Waals surface area contributed by atoms with Crippen molar-refractivity contribution >= 4 is 22.9 Å². The first kappa shape index (κ1) is 25.9. The molecule has 3 aliphatic rings. The van der Waals surface area contributed by atoms with Crippen LogP contribution in [-0.2, 0) is 0 Å². The fourth-order valence-electron chi connectivity index (χ4n) is 6.28. The highest BCUT2D eigenvalue weighted by atomic mass is 16.1. The number of carbonyl (C=O) groups is 1. The summed E-state index contributed by atoms with van der Waals surface area (Å²) in [6, 6.07) is 24.9. The van der Waals surface area contributed by atoms with Crippen molar-refractivity contribution in [1.29, 1.82) is 5.26 Å². The van der Waals surface area contributed by atoms with E-state index in [9.17, 15) is 10.1 Å². The predicted octanol–water partition coefficient (Wildman–Crippen LogP) is 6.40. The summed E-state index contributed by atoms with van der Waals surface area (Å²) in [4.78, 5) is 20.0. The van der Waals surface area contributed by atoms with Gasteiger partial charge in [-0.15, -0.1) is 0 Å². The van der Waals surface area contributed by atoms with Crippen LogP contribution in [0.4, 0.5) is 11.4 Å². The molecule has 6 nitrogen and oxygen atoms in total. The van der Waals surface area contributed by atoms with E-state index in [4.69, 9.17) is 0 Å². The van der Waals surface area contributed by atoms with Gasteiger partial charge in [-0.05, 0) is 73.2 Å². The molecule has 6 rings (SSSR count). The van der Waals surface area contributed by atoms with Crippen LogP contribution in [0.2, 0.25) is 0 Å². The fourth-order valence-corrected chi connectivity index (χ4v) is 6.28. The molecule has 3 aromatic rings. The van der Waals surface area contributed by atoms with Gasteiger partial charge in [0.25, 0.3) is 5.91 Å². The second-order valence-corrected chi connectivity index (χ2v) is 11.0. The lowest BCUT2D eigenvalue weighted by molar-refractivity contribution is 0.102. The van der Waals surface area contributed by atoms with Gasteiger partial charge >= 0.3 is 0 Å². The van der Waals surface area contributed by atoms with Crippen LogP contribution in [-0.4, -0.2) is 48.9 Å². The molecule has 0 radical (unpaired) electrons. The number of nitrogens with one attached hydrogen (secondary N) is 1. The molecule has 3 aromatic carbocycles. The molecular formula is C34H35N5O. The standard InChI is InChI=1S/C34H35N5O/c1-23-12-13-26(22-37(3)24(23)2)25-14-15-32(27(20-25)21-35)38-16-18-39(19-17-38)33-28-8-4-5-9-29(28)34(40)36-31-11-7-6-10-30(31)33/h4-11,14-15,20,22,33H,12-13,16-19H2,1-3H3,(H,36,40). The zero-order valence-electron chi connectivity index (χ0n) is 23.4. The molecule has 202 valence electrons. The van der Waals surface area contributed by atoms with Gasteiger partial charge in [0.2, 0.25) is 0 Å². The summed E-state index contributed by atoms with van der Waals surface area (Å²) in [7, 11) is 2.10. The highest BCUT2D eigenvalue weighted by Crippen LogP contribution is 2.39. The Hall–Kier alpha value is -4.34. The lowest BCUT2D eigenvalue weighted by Gasteiger charge is -2.41. The molecule has 1 atom stereocenters. The summed E-state index contributed by atoms with van der Waals surface area (Å²) < 4.78 is 0. The molecule has 0 saturated carbocycles. The van der Waals surface area contributed by atoms with Crippen LogP contribution in [0.5, 0.6) is 0 Å². The Morgan fingerprint density at radius 3 is 2.40 bits per heavy atom. The number of rotatable bonds is 3. The number of amides is 1. The molecule has 3 aliphatic heterocycles. The van der Waals surface area contributed by atoms with Crippen molar-refractivity contribution < 1.29 is 4.79 Å². The maximum atomic E-state index is 13.0.